The number of hydrogen-bond acceptors (Lipinski definition) is 8. The number of carbonyl (C=O) groups is 1. The average molecular weight is 326 g/mol. The third-order valence-corrected chi connectivity index (χ3v) is 3.07. The fourth-order valence-corrected chi connectivity index (χ4v) is 1.90. The van der Waals surface area contributed by atoms with Crippen molar-refractivity contribution < 1.29 is 39.4 Å². The number of cyclic esters (lactones) is 1. The monoisotopic (exact) mass is 326 g/mol. The van der Waals surface area contributed by atoms with E-state index in [2.05, 4.69) is 4.74 Å². The van der Waals surface area contributed by atoms with E-state index in [0.29, 0.717) is 5.75 Å². The van der Waals surface area contributed by atoms with Gasteiger partial charge in [0, 0.05) is 0 Å². The van der Waals surface area contributed by atoms with Crippen LogP contribution in [0.15, 0.2) is 41.9 Å². The molecule has 1 aliphatic heterocycles. The number of benzene rings is 1. The van der Waals surface area contributed by atoms with Crippen LogP contribution in [0.5, 0.6) is 5.75 Å². The summed E-state index contributed by atoms with van der Waals surface area (Å²) in [5.74, 6) is -1.61. The second-order valence-electron chi connectivity index (χ2n) is 4.88. The van der Waals surface area contributed by atoms with Gasteiger partial charge >= 0.3 is 5.97 Å². The summed E-state index contributed by atoms with van der Waals surface area (Å²) in [6, 6.07) is 8.83. The van der Waals surface area contributed by atoms with E-state index in [0.717, 1.165) is 0 Å². The van der Waals surface area contributed by atoms with E-state index >= 15 is 0 Å². The Bertz CT molecular complexity index is 556. The Morgan fingerprint density at radius 2 is 1.78 bits per heavy atom. The standard InChI is InChI=1S/C15H18O8/c16-6-11(18)13-14(12(19)15(20)23-13)22-8-9(17)7-21-10-4-2-1-3-5-10/h1-5,9,11,13,16-19H,6-8H2/t9?,11-,13+/m0/s1. The van der Waals surface area contributed by atoms with Crippen LogP contribution in [0.2, 0.25) is 0 Å². The molecule has 1 aromatic rings. The van der Waals surface area contributed by atoms with Crippen molar-refractivity contribution >= 4 is 5.97 Å². The Hall–Kier alpha value is -2.29. The minimum atomic E-state index is -1.43. The molecule has 0 saturated heterocycles. The van der Waals surface area contributed by atoms with Crippen LogP contribution in [0.1, 0.15) is 0 Å². The van der Waals surface area contributed by atoms with Crippen molar-refractivity contribution in [2.45, 2.75) is 18.3 Å². The van der Waals surface area contributed by atoms with Gasteiger partial charge in [-0.1, -0.05) is 18.2 Å². The predicted octanol–water partition coefficient (Wildman–Crippen LogP) is -0.509. The van der Waals surface area contributed by atoms with E-state index in [-0.39, 0.29) is 19.0 Å². The Labute approximate surface area is 132 Å². The third kappa shape index (κ3) is 4.35. The molecule has 1 aromatic carbocycles. The summed E-state index contributed by atoms with van der Waals surface area (Å²) in [5.41, 5.74) is 0. The highest BCUT2D eigenvalue weighted by molar-refractivity contribution is 5.89. The van der Waals surface area contributed by atoms with E-state index in [4.69, 9.17) is 14.6 Å². The summed E-state index contributed by atoms with van der Waals surface area (Å²) >= 11 is 0. The summed E-state index contributed by atoms with van der Waals surface area (Å²) in [7, 11) is 0. The summed E-state index contributed by atoms with van der Waals surface area (Å²) in [6.07, 6.45) is -3.79. The number of aliphatic hydroxyl groups is 4. The summed E-state index contributed by atoms with van der Waals surface area (Å²) < 4.78 is 15.2. The molecule has 8 heteroatoms. The molecule has 1 heterocycles. The first-order chi connectivity index (χ1) is 11.0. The molecule has 23 heavy (non-hydrogen) atoms. The van der Waals surface area contributed by atoms with Crippen LogP contribution < -0.4 is 4.74 Å². The van der Waals surface area contributed by atoms with Crippen LogP contribution in [0.4, 0.5) is 0 Å². The van der Waals surface area contributed by atoms with Gasteiger partial charge in [0.25, 0.3) is 0 Å². The van der Waals surface area contributed by atoms with E-state index in [1.807, 2.05) is 6.07 Å². The van der Waals surface area contributed by atoms with Crippen molar-refractivity contribution in [2.75, 3.05) is 19.8 Å². The highest BCUT2D eigenvalue weighted by Gasteiger charge is 2.40. The number of rotatable bonds is 8. The van der Waals surface area contributed by atoms with Gasteiger partial charge in [-0.25, -0.2) is 4.79 Å². The van der Waals surface area contributed by atoms with Crippen molar-refractivity contribution in [1.82, 2.24) is 0 Å². The molecule has 126 valence electrons. The number of carbonyl (C=O) groups excluding carboxylic acids is 1. The molecule has 3 atom stereocenters. The molecule has 1 aliphatic rings. The molecule has 1 unspecified atom stereocenters. The Morgan fingerprint density at radius 1 is 1.13 bits per heavy atom. The molecular weight excluding hydrogens is 308 g/mol. The van der Waals surface area contributed by atoms with Crippen LogP contribution in [-0.2, 0) is 14.3 Å². The second kappa shape index (κ2) is 7.82. The van der Waals surface area contributed by atoms with E-state index in [9.17, 15) is 20.1 Å². The van der Waals surface area contributed by atoms with Crippen LogP contribution in [0.25, 0.3) is 0 Å². The fraction of sp³-hybridized carbons (Fsp3) is 0.400. The maximum atomic E-state index is 11.3. The summed E-state index contributed by atoms with van der Waals surface area (Å²) in [6.45, 7) is -1.05. The van der Waals surface area contributed by atoms with Crippen LogP contribution >= 0.6 is 0 Å². The minimum absolute atomic E-state index is 0.0694. The van der Waals surface area contributed by atoms with Crippen molar-refractivity contribution in [1.29, 1.82) is 0 Å². The molecule has 0 amide bonds. The highest BCUT2D eigenvalue weighted by Crippen LogP contribution is 2.25. The van der Waals surface area contributed by atoms with Gasteiger partial charge in [0.15, 0.2) is 11.9 Å². The largest absolute Gasteiger partial charge is 0.499 e. The molecule has 8 nitrogen and oxygen atoms in total. The predicted molar refractivity (Wildman–Crippen MR) is 76.5 cm³/mol. The van der Waals surface area contributed by atoms with Gasteiger partial charge in [-0.05, 0) is 12.1 Å². The van der Waals surface area contributed by atoms with E-state index < -0.39 is 36.6 Å². The van der Waals surface area contributed by atoms with Gasteiger partial charge in [0.2, 0.25) is 5.76 Å². The third-order valence-electron chi connectivity index (χ3n) is 3.07. The zero-order valence-electron chi connectivity index (χ0n) is 12.2. The van der Waals surface area contributed by atoms with Crippen molar-refractivity contribution in [3.05, 3.63) is 41.9 Å². The fourth-order valence-electron chi connectivity index (χ4n) is 1.90. The zero-order valence-corrected chi connectivity index (χ0v) is 12.2. The first-order valence-electron chi connectivity index (χ1n) is 6.94. The van der Waals surface area contributed by atoms with Crippen molar-refractivity contribution in [2.24, 2.45) is 0 Å². The Morgan fingerprint density at radius 3 is 2.43 bits per heavy atom. The molecule has 0 saturated carbocycles. The Kier molecular flexibility index (Phi) is 5.80. The lowest BCUT2D eigenvalue weighted by molar-refractivity contribution is -0.148. The molecule has 0 aliphatic carbocycles. The first kappa shape index (κ1) is 17.1. The van der Waals surface area contributed by atoms with Gasteiger partial charge in [-0.3, -0.25) is 0 Å². The molecule has 4 N–H and O–H groups in total. The summed E-state index contributed by atoms with van der Waals surface area (Å²) in [4.78, 5) is 11.3. The van der Waals surface area contributed by atoms with Gasteiger partial charge in [-0.2, -0.15) is 0 Å². The molecule has 0 spiro atoms. The average Bonchev–Trinajstić information content (AvgIpc) is 2.86. The van der Waals surface area contributed by atoms with E-state index in [1.54, 1.807) is 24.3 Å². The summed E-state index contributed by atoms with van der Waals surface area (Å²) in [5, 5.41) is 37.8. The first-order valence-corrected chi connectivity index (χ1v) is 6.94. The molecule has 0 bridgehead atoms. The smallest absolute Gasteiger partial charge is 0.378 e. The van der Waals surface area contributed by atoms with Gasteiger partial charge in [0.05, 0.1) is 6.61 Å². The molecule has 0 fully saturated rings. The van der Waals surface area contributed by atoms with Gasteiger partial charge < -0.3 is 34.6 Å². The Balaban J connectivity index is 1.86. The van der Waals surface area contributed by atoms with Crippen molar-refractivity contribution in [3.8, 4) is 5.75 Å². The lowest BCUT2D eigenvalue weighted by Gasteiger charge is -2.19. The van der Waals surface area contributed by atoms with Gasteiger partial charge in [-0.15, -0.1) is 0 Å². The second-order valence-corrected chi connectivity index (χ2v) is 4.88. The number of ether oxygens (including phenoxy) is 3. The van der Waals surface area contributed by atoms with Gasteiger partial charge in [0.1, 0.15) is 31.2 Å². The quantitative estimate of drug-likeness (QED) is 0.471. The molecule has 0 radical (unpaired) electrons. The topological polar surface area (TPSA) is 126 Å². The SMILES string of the molecule is O=C1O[C@H]([C@@H](O)CO)C(OCC(O)COc2ccccc2)=C1O. The normalized spacial score (nSPS) is 20.1. The van der Waals surface area contributed by atoms with Crippen molar-refractivity contribution in [3.63, 3.8) is 0 Å². The maximum Gasteiger partial charge on any atom is 0.378 e. The lowest BCUT2D eigenvalue weighted by atomic mass is 10.2. The molecule has 2 rings (SSSR count). The number of para-hydroxylation sites is 1. The molecule has 0 aromatic heterocycles. The maximum absolute atomic E-state index is 11.3. The minimum Gasteiger partial charge on any atom is -0.499 e. The molecular formula is C15H18O8. The number of aliphatic hydroxyl groups excluding tert-OH is 4. The number of hydrogen-bond donors (Lipinski definition) is 4. The number of esters is 1. The van der Waals surface area contributed by atoms with Crippen LogP contribution in [0, 0.1) is 0 Å². The van der Waals surface area contributed by atoms with E-state index in [1.165, 1.54) is 0 Å². The highest BCUT2D eigenvalue weighted by atomic mass is 16.6. The lowest BCUT2D eigenvalue weighted by Crippen LogP contribution is -2.33. The zero-order chi connectivity index (χ0) is 16.8. The van der Waals surface area contributed by atoms with Crippen LogP contribution in [-0.4, -0.2) is 64.5 Å². The van der Waals surface area contributed by atoms with Crippen LogP contribution in [0.3, 0.4) is 0 Å².